The van der Waals surface area contributed by atoms with E-state index in [4.69, 9.17) is 9.84 Å². The number of nitriles is 1. The summed E-state index contributed by atoms with van der Waals surface area (Å²) in [7, 11) is 1.29. The van der Waals surface area contributed by atoms with E-state index in [0.29, 0.717) is 16.3 Å². The monoisotopic (exact) mass is 496 g/mol. The van der Waals surface area contributed by atoms with Crippen molar-refractivity contribution in [3.8, 4) is 23.0 Å². The molecule has 2 heterocycles. The molecule has 0 aliphatic carbocycles. The summed E-state index contributed by atoms with van der Waals surface area (Å²) in [6, 6.07) is 22.9. The lowest BCUT2D eigenvalue weighted by Gasteiger charge is -2.05. The number of carbonyl (C=O) groups excluding carboxylic acids is 2. The number of esters is 1. The van der Waals surface area contributed by atoms with Crippen LogP contribution in [0.1, 0.15) is 34.1 Å². The normalized spacial score (nSPS) is 11.1. The van der Waals surface area contributed by atoms with E-state index in [1.165, 1.54) is 24.5 Å². The number of rotatable bonds is 8. The molecule has 0 saturated carbocycles. The smallest absolute Gasteiger partial charge is 0.340 e. The van der Waals surface area contributed by atoms with Crippen molar-refractivity contribution < 1.29 is 14.3 Å². The molecule has 0 aliphatic heterocycles. The second-order valence-corrected chi connectivity index (χ2v) is 9.04. The number of benzene rings is 2. The minimum absolute atomic E-state index is 0.110. The number of aryl methyl sites for hydroxylation is 1. The van der Waals surface area contributed by atoms with Gasteiger partial charge in [-0.05, 0) is 30.7 Å². The molecular formula is C28H24N4O3S. The van der Waals surface area contributed by atoms with Crippen LogP contribution in [0.2, 0.25) is 0 Å². The molecule has 0 saturated heterocycles. The Morgan fingerprint density at radius 2 is 1.83 bits per heavy atom. The predicted octanol–water partition coefficient (Wildman–Crippen LogP) is 5.89. The summed E-state index contributed by atoms with van der Waals surface area (Å²) in [6.07, 6.45) is 4.96. The molecule has 0 unspecified atom stereocenters. The maximum absolute atomic E-state index is 13.1. The molecule has 4 aromatic rings. The first kappa shape index (κ1) is 24.6. The SMILES string of the molecule is CCCc1cc(C(=O)OC)c(NC(=O)C(C#N)=Cc2cn(-c3ccccc3)nc2-c2ccccc2)s1. The zero-order valence-electron chi connectivity index (χ0n) is 19.9. The number of nitrogens with zero attached hydrogens (tertiary/aromatic N) is 3. The van der Waals surface area contributed by atoms with Crippen LogP contribution in [0.3, 0.4) is 0 Å². The molecule has 0 bridgehead atoms. The lowest BCUT2D eigenvalue weighted by atomic mass is 10.1. The van der Waals surface area contributed by atoms with Crippen molar-refractivity contribution in [1.29, 1.82) is 5.26 Å². The van der Waals surface area contributed by atoms with Crippen molar-refractivity contribution in [3.63, 3.8) is 0 Å². The van der Waals surface area contributed by atoms with Gasteiger partial charge in [-0.3, -0.25) is 4.79 Å². The van der Waals surface area contributed by atoms with E-state index >= 15 is 0 Å². The van der Waals surface area contributed by atoms with Crippen LogP contribution in [0.25, 0.3) is 23.0 Å². The Hall–Kier alpha value is -4.48. The number of thiophene rings is 1. The molecule has 0 radical (unpaired) electrons. The number of para-hydroxylation sites is 1. The van der Waals surface area contributed by atoms with Gasteiger partial charge < -0.3 is 10.1 Å². The van der Waals surface area contributed by atoms with E-state index < -0.39 is 11.9 Å². The van der Waals surface area contributed by atoms with Gasteiger partial charge in [0.2, 0.25) is 0 Å². The van der Waals surface area contributed by atoms with Gasteiger partial charge in [-0.1, -0.05) is 61.9 Å². The number of aromatic nitrogens is 2. The van der Waals surface area contributed by atoms with Crippen molar-refractivity contribution in [3.05, 3.63) is 94.5 Å². The fraction of sp³-hybridized carbons (Fsp3) is 0.143. The van der Waals surface area contributed by atoms with Crippen LogP contribution in [-0.4, -0.2) is 28.8 Å². The molecule has 0 spiro atoms. The fourth-order valence-electron chi connectivity index (χ4n) is 3.67. The number of anilines is 1. The van der Waals surface area contributed by atoms with Crippen molar-refractivity contribution in [2.45, 2.75) is 19.8 Å². The van der Waals surface area contributed by atoms with Gasteiger partial charge in [0.05, 0.1) is 24.1 Å². The highest BCUT2D eigenvalue weighted by Gasteiger charge is 2.21. The molecule has 2 aromatic carbocycles. The van der Waals surface area contributed by atoms with E-state index in [0.717, 1.165) is 29.0 Å². The van der Waals surface area contributed by atoms with Gasteiger partial charge in [-0.25, -0.2) is 9.48 Å². The molecule has 4 rings (SSSR count). The first-order valence-electron chi connectivity index (χ1n) is 11.4. The summed E-state index contributed by atoms with van der Waals surface area (Å²) in [5.41, 5.74) is 3.12. The summed E-state index contributed by atoms with van der Waals surface area (Å²) < 4.78 is 6.58. The molecule has 8 heteroatoms. The summed E-state index contributed by atoms with van der Waals surface area (Å²) in [5.74, 6) is -1.15. The molecule has 7 nitrogen and oxygen atoms in total. The number of hydrogen-bond donors (Lipinski definition) is 1. The fourth-order valence-corrected chi connectivity index (χ4v) is 4.81. The van der Waals surface area contributed by atoms with Crippen LogP contribution >= 0.6 is 11.3 Å². The van der Waals surface area contributed by atoms with Gasteiger partial charge in [0.1, 0.15) is 16.6 Å². The average molecular weight is 497 g/mol. The first-order chi connectivity index (χ1) is 17.5. The molecule has 180 valence electrons. The number of methoxy groups -OCH3 is 1. The van der Waals surface area contributed by atoms with Crippen LogP contribution < -0.4 is 5.32 Å². The minimum atomic E-state index is -0.612. The number of carbonyl (C=O) groups is 2. The summed E-state index contributed by atoms with van der Waals surface area (Å²) >= 11 is 1.31. The molecule has 0 atom stereocenters. The first-order valence-corrected chi connectivity index (χ1v) is 12.2. The van der Waals surface area contributed by atoms with Crippen molar-refractivity contribution in [2.24, 2.45) is 0 Å². The molecule has 2 aromatic heterocycles. The standard InChI is InChI=1S/C28H24N4O3S/c1-3-10-23-16-24(28(34)35-2)27(36-23)30-26(33)20(17-29)15-21-18-32(22-13-8-5-9-14-22)31-25(21)19-11-6-4-7-12-19/h4-9,11-16,18H,3,10H2,1-2H3,(H,30,33). The zero-order valence-corrected chi connectivity index (χ0v) is 20.7. The second-order valence-electron chi connectivity index (χ2n) is 7.90. The number of nitrogens with one attached hydrogen (secondary N) is 1. The van der Waals surface area contributed by atoms with Crippen molar-refractivity contribution in [2.75, 3.05) is 12.4 Å². The Morgan fingerprint density at radius 1 is 1.14 bits per heavy atom. The number of hydrogen-bond acceptors (Lipinski definition) is 6. The minimum Gasteiger partial charge on any atom is -0.465 e. The Labute approximate surface area is 213 Å². The maximum atomic E-state index is 13.1. The van der Waals surface area contributed by atoms with Crippen molar-refractivity contribution >= 4 is 34.3 Å². The largest absolute Gasteiger partial charge is 0.465 e. The highest BCUT2D eigenvalue weighted by Crippen LogP contribution is 2.31. The summed E-state index contributed by atoms with van der Waals surface area (Å²) in [5, 5.41) is 17.7. The summed E-state index contributed by atoms with van der Waals surface area (Å²) in [4.78, 5) is 26.3. The lowest BCUT2D eigenvalue weighted by Crippen LogP contribution is -2.15. The molecule has 0 fully saturated rings. The van der Waals surface area contributed by atoms with E-state index in [-0.39, 0.29) is 11.1 Å². The topological polar surface area (TPSA) is 97.0 Å². The lowest BCUT2D eigenvalue weighted by molar-refractivity contribution is -0.112. The van der Waals surface area contributed by atoms with Gasteiger partial charge in [0, 0.05) is 22.2 Å². The van der Waals surface area contributed by atoms with Gasteiger partial charge in [-0.2, -0.15) is 10.4 Å². The Kier molecular flexibility index (Phi) is 7.73. The average Bonchev–Trinajstić information content (AvgIpc) is 3.52. The molecule has 1 N–H and O–H groups in total. The Balaban J connectivity index is 1.72. The van der Waals surface area contributed by atoms with Crippen LogP contribution in [0.4, 0.5) is 5.00 Å². The quantitative estimate of drug-likeness (QED) is 0.186. The summed E-state index contributed by atoms with van der Waals surface area (Å²) in [6.45, 7) is 2.03. The van der Waals surface area contributed by atoms with Crippen molar-refractivity contribution in [1.82, 2.24) is 9.78 Å². The highest BCUT2D eigenvalue weighted by atomic mass is 32.1. The molecule has 1 amide bonds. The van der Waals surface area contributed by atoms with E-state index in [1.54, 1.807) is 16.9 Å². The molecule has 0 aliphatic rings. The Bertz CT molecular complexity index is 1450. The van der Waals surface area contributed by atoms with Crippen LogP contribution in [0.15, 0.2) is 78.5 Å². The van der Waals surface area contributed by atoms with E-state index in [9.17, 15) is 14.9 Å². The van der Waals surface area contributed by atoms with Crippen LogP contribution in [0, 0.1) is 11.3 Å². The van der Waals surface area contributed by atoms with E-state index in [1.807, 2.05) is 73.7 Å². The van der Waals surface area contributed by atoms with E-state index in [2.05, 4.69) is 5.32 Å². The highest BCUT2D eigenvalue weighted by molar-refractivity contribution is 7.16. The van der Waals surface area contributed by atoms with Gasteiger partial charge in [-0.15, -0.1) is 11.3 Å². The van der Waals surface area contributed by atoms with Gasteiger partial charge in [0.25, 0.3) is 5.91 Å². The third kappa shape index (κ3) is 5.43. The molecular weight excluding hydrogens is 472 g/mol. The maximum Gasteiger partial charge on any atom is 0.340 e. The Morgan fingerprint density at radius 3 is 2.47 bits per heavy atom. The van der Waals surface area contributed by atoms with Crippen LogP contribution in [0.5, 0.6) is 0 Å². The molecule has 36 heavy (non-hydrogen) atoms. The van der Waals surface area contributed by atoms with Gasteiger partial charge >= 0.3 is 5.97 Å². The third-order valence-corrected chi connectivity index (χ3v) is 6.50. The second kappa shape index (κ2) is 11.3. The zero-order chi connectivity index (χ0) is 25.5. The number of amides is 1. The van der Waals surface area contributed by atoms with Gasteiger partial charge in [0.15, 0.2) is 0 Å². The predicted molar refractivity (Wildman–Crippen MR) is 141 cm³/mol. The third-order valence-electron chi connectivity index (χ3n) is 5.39. The van der Waals surface area contributed by atoms with Crippen LogP contribution in [-0.2, 0) is 16.0 Å². The number of ether oxygens (including phenoxy) is 1.